The smallest absolute Gasteiger partial charge is 0.273 e. The second kappa shape index (κ2) is 9.58. The van der Waals surface area contributed by atoms with Gasteiger partial charge in [0.2, 0.25) is 0 Å². The van der Waals surface area contributed by atoms with E-state index < -0.39 is 0 Å². The van der Waals surface area contributed by atoms with E-state index in [-0.39, 0.29) is 26.2 Å². The summed E-state index contributed by atoms with van der Waals surface area (Å²) in [7, 11) is 0. The molecule has 0 radical (unpaired) electrons. The predicted molar refractivity (Wildman–Crippen MR) is 77.0 cm³/mol. The van der Waals surface area contributed by atoms with Gasteiger partial charge in [0.15, 0.2) is 0 Å². The minimum absolute atomic E-state index is 0. The third-order valence-corrected chi connectivity index (χ3v) is 2.52. The Morgan fingerprint density at radius 3 is 1.63 bits per heavy atom. The van der Waals surface area contributed by atoms with E-state index in [9.17, 15) is 0 Å². The van der Waals surface area contributed by atoms with Gasteiger partial charge in [0.05, 0.1) is 0 Å². The molecule has 2 aromatic rings. The van der Waals surface area contributed by atoms with Gasteiger partial charge in [0.1, 0.15) is 0 Å². The Balaban J connectivity index is 0.000000256. The van der Waals surface area contributed by atoms with E-state index in [4.69, 9.17) is 0 Å². The van der Waals surface area contributed by atoms with Crippen molar-refractivity contribution in [1.82, 2.24) is 0 Å². The van der Waals surface area contributed by atoms with Crippen molar-refractivity contribution in [2.24, 2.45) is 0 Å². The van der Waals surface area contributed by atoms with Gasteiger partial charge in [0, 0.05) is 0 Å². The topological polar surface area (TPSA) is 0 Å². The molecule has 0 saturated carbocycles. The molecule has 0 N–H and O–H groups in total. The quantitative estimate of drug-likeness (QED) is 0.709. The van der Waals surface area contributed by atoms with Crippen LogP contribution < -0.4 is 0 Å². The SMILES string of the molecule is [C-]1=CC=CC1.[Zr+2].c1ccc([CH-]c2ccccc2)cc1. The molecule has 0 amide bonds. The Morgan fingerprint density at radius 1 is 0.789 bits per heavy atom. The van der Waals surface area contributed by atoms with E-state index in [0.717, 1.165) is 6.42 Å². The Hall–Kier alpha value is -1.33. The average molecular weight is 324 g/mol. The summed E-state index contributed by atoms with van der Waals surface area (Å²) in [5.74, 6) is 0. The average Bonchev–Trinajstić information content (AvgIpc) is 3.00. The van der Waals surface area contributed by atoms with Crippen molar-refractivity contribution in [1.29, 1.82) is 0 Å². The van der Waals surface area contributed by atoms with Gasteiger partial charge in [-0.25, -0.2) is 12.2 Å². The zero-order chi connectivity index (χ0) is 12.5. The molecular weight excluding hydrogens is 307 g/mol. The maximum absolute atomic E-state index is 2.99. The van der Waals surface area contributed by atoms with Crippen LogP contribution in [0.5, 0.6) is 0 Å². The first kappa shape index (κ1) is 15.7. The first-order valence-corrected chi connectivity index (χ1v) is 6.12. The van der Waals surface area contributed by atoms with Crippen molar-refractivity contribution in [2.45, 2.75) is 6.42 Å². The Labute approximate surface area is 135 Å². The van der Waals surface area contributed by atoms with Crippen LogP contribution in [0.1, 0.15) is 17.5 Å². The molecule has 0 bridgehead atoms. The summed E-state index contributed by atoms with van der Waals surface area (Å²) < 4.78 is 0. The van der Waals surface area contributed by atoms with Crippen molar-refractivity contribution in [3.05, 3.63) is 103 Å². The van der Waals surface area contributed by atoms with E-state index in [1.54, 1.807) is 0 Å². The van der Waals surface area contributed by atoms with E-state index >= 15 is 0 Å². The van der Waals surface area contributed by atoms with E-state index in [1.807, 2.05) is 24.3 Å². The van der Waals surface area contributed by atoms with Crippen LogP contribution in [0.2, 0.25) is 0 Å². The second-order valence-electron chi connectivity index (χ2n) is 3.97. The normalized spacial score (nSPS) is 11.2. The van der Waals surface area contributed by atoms with Crippen LogP contribution in [0.3, 0.4) is 0 Å². The van der Waals surface area contributed by atoms with Gasteiger partial charge in [-0.15, -0.1) is 48.2 Å². The first-order valence-electron chi connectivity index (χ1n) is 6.12. The molecule has 0 unspecified atom stereocenters. The van der Waals surface area contributed by atoms with Crippen molar-refractivity contribution in [2.75, 3.05) is 0 Å². The van der Waals surface area contributed by atoms with Crippen LogP contribution in [0.15, 0.2) is 78.9 Å². The van der Waals surface area contributed by atoms with E-state index in [0.29, 0.717) is 0 Å². The van der Waals surface area contributed by atoms with Gasteiger partial charge >= 0.3 is 26.2 Å². The molecule has 0 heterocycles. The van der Waals surface area contributed by atoms with Gasteiger partial charge in [-0.2, -0.15) is 6.08 Å². The number of hydrogen-bond donors (Lipinski definition) is 0. The second-order valence-corrected chi connectivity index (χ2v) is 3.97. The summed E-state index contributed by atoms with van der Waals surface area (Å²) in [6, 6.07) is 20.7. The van der Waals surface area contributed by atoms with Crippen LogP contribution in [0.4, 0.5) is 0 Å². The molecule has 0 atom stereocenters. The van der Waals surface area contributed by atoms with Crippen molar-refractivity contribution in [3.63, 3.8) is 0 Å². The Kier molecular flexibility index (Phi) is 7.93. The molecule has 0 spiro atoms. The van der Waals surface area contributed by atoms with Crippen LogP contribution in [0.25, 0.3) is 0 Å². The van der Waals surface area contributed by atoms with Crippen LogP contribution >= 0.6 is 0 Å². The fourth-order valence-electron chi connectivity index (χ4n) is 1.63. The van der Waals surface area contributed by atoms with Crippen LogP contribution in [0, 0.1) is 12.5 Å². The van der Waals surface area contributed by atoms with Gasteiger partial charge < -0.3 is 0 Å². The monoisotopic (exact) mass is 322 g/mol. The zero-order valence-electron chi connectivity index (χ0n) is 10.8. The van der Waals surface area contributed by atoms with E-state index in [2.05, 4.69) is 67.1 Å². The molecule has 0 aromatic heterocycles. The number of hydrogen-bond acceptors (Lipinski definition) is 0. The molecule has 0 nitrogen and oxygen atoms in total. The molecule has 0 fully saturated rings. The summed E-state index contributed by atoms with van der Waals surface area (Å²) in [5, 5.41) is 0. The molecular formula is C18H16Zr. The summed E-state index contributed by atoms with van der Waals surface area (Å²) in [6.07, 6.45) is 12.2. The Bertz CT molecular complexity index is 450. The minimum atomic E-state index is 0. The van der Waals surface area contributed by atoms with Crippen molar-refractivity contribution in [3.8, 4) is 0 Å². The number of benzene rings is 2. The Morgan fingerprint density at radius 2 is 1.32 bits per heavy atom. The van der Waals surface area contributed by atoms with Crippen molar-refractivity contribution >= 4 is 0 Å². The van der Waals surface area contributed by atoms with Gasteiger partial charge in [-0.05, 0) is 0 Å². The molecule has 1 heteroatoms. The molecule has 1 aliphatic carbocycles. The molecule has 92 valence electrons. The fraction of sp³-hybridized carbons (Fsp3) is 0.0556. The molecule has 0 saturated heterocycles. The zero-order valence-corrected chi connectivity index (χ0v) is 13.2. The standard InChI is InChI=1S/C13H11.C5H5.Zr/c1-3-7-12(8-4-1)11-13-9-5-2-6-10-13;1-2-4-5-3-1;/h1-11H;1-3H,4H2;/q2*-1;+2. The molecule has 3 rings (SSSR count). The molecule has 0 aliphatic heterocycles. The van der Waals surface area contributed by atoms with Crippen LogP contribution in [-0.2, 0) is 26.2 Å². The molecule has 19 heavy (non-hydrogen) atoms. The van der Waals surface area contributed by atoms with Gasteiger partial charge in [-0.1, -0.05) is 36.4 Å². The minimum Gasteiger partial charge on any atom is -0.273 e. The first-order chi connectivity index (χ1) is 8.95. The van der Waals surface area contributed by atoms with Crippen molar-refractivity contribution < 1.29 is 26.2 Å². The summed E-state index contributed by atoms with van der Waals surface area (Å²) in [5.41, 5.74) is 2.49. The maximum atomic E-state index is 2.99. The van der Waals surface area contributed by atoms with E-state index in [1.165, 1.54) is 11.1 Å². The summed E-state index contributed by atoms with van der Waals surface area (Å²) >= 11 is 0. The number of rotatable bonds is 2. The van der Waals surface area contributed by atoms with Crippen LogP contribution in [-0.4, -0.2) is 0 Å². The predicted octanol–water partition coefficient (Wildman–Crippen LogP) is 4.59. The third kappa shape index (κ3) is 6.41. The maximum Gasteiger partial charge on any atom is 2.00 e. The largest absolute Gasteiger partial charge is 2.00 e. The van der Waals surface area contributed by atoms with Gasteiger partial charge in [-0.3, -0.25) is 6.08 Å². The third-order valence-electron chi connectivity index (χ3n) is 2.52. The van der Waals surface area contributed by atoms with Gasteiger partial charge in [0.25, 0.3) is 0 Å². The fourth-order valence-corrected chi connectivity index (χ4v) is 1.63. The molecule has 1 aliphatic rings. The summed E-state index contributed by atoms with van der Waals surface area (Å²) in [4.78, 5) is 0. The molecule has 2 aromatic carbocycles. The summed E-state index contributed by atoms with van der Waals surface area (Å²) in [6.45, 7) is 0. The number of allylic oxidation sites excluding steroid dienone is 4.